The van der Waals surface area contributed by atoms with Gasteiger partial charge in [-0.3, -0.25) is 0 Å². The van der Waals surface area contributed by atoms with Gasteiger partial charge in [-0.2, -0.15) is 0 Å². The summed E-state index contributed by atoms with van der Waals surface area (Å²) >= 11 is 0. The third kappa shape index (κ3) is 3.47. The largest absolute Gasteiger partial charge is 0.491 e. The molecule has 1 aliphatic rings. The van der Waals surface area contributed by atoms with Gasteiger partial charge in [-0.05, 0) is 57.4 Å². The van der Waals surface area contributed by atoms with Crippen LogP contribution in [0.4, 0.5) is 0 Å². The summed E-state index contributed by atoms with van der Waals surface area (Å²) in [5.41, 5.74) is 1.05. The number of hydrogen-bond acceptors (Lipinski definition) is 3. The summed E-state index contributed by atoms with van der Waals surface area (Å²) in [5, 5.41) is 8.90. The summed E-state index contributed by atoms with van der Waals surface area (Å²) in [7, 11) is 0. The third-order valence-electron chi connectivity index (χ3n) is 3.40. The summed E-state index contributed by atoms with van der Waals surface area (Å²) in [6, 6.07) is 4.89. The minimum absolute atomic E-state index is 0.0593. The Kier molecular flexibility index (Phi) is 3.80. The lowest BCUT2D eigenvalue weighted by Crippen LogP contribution is -2.24. The van der Waals surface area contributed by atoms with Crippen LogP contribution in [0.2, 0.25) is 0 Å². The number of benzene rings is 1. The molecule has 1 aliphatic heterocycles. The lowest BCUT2D eigenvalue weighted by Gasteiger charge is -2.19. The van der Waals surface area contributed by atoms with Crippen LogP contribution in [-0.2, 0) is 4.74 Å². The molecule has 0 amide bonds. The Morgan fingerprint density at radius 1 is 1.53 bits per heavy atom. The van der Waals surface area contributed by atoms with E-state index in [2.05, 4.69) is 13.8 Å². The van der Waals surface area contributed by atoms with Gasteiger partial charge >= 0.3 is 5.97 Å². The van der Waals surface area contributed by atoms with Crippen molar-refractivity contribution in [2.24, 2.45) is 0 Å². The summed E-state index contributed by atoms with van der Waals surface area (Å²) < 4.78 is 11.6. The number of carboxylic acid groups (broad SMARTS) is 1. The summed E-state index contributed by atoms with van der Waals surface area (Å²) in [6.07, 6.45) is 2.16. The molecule has 0 aromatic heterocycles. The van der Waals surface area contributed by atoms with Gasteiger partial charge in [-0.25, -0.2) is 4.79 Å². The van der Waals surface area contributed by atoms with Crippen LogP contribution in [-0.4, -0.2) is 29.4 Å². The minimum Gasteiger partial charge on any atom is -0.491 e. The molecule has 104 valence electrons. The number of ether oxygens (including phenoxy) is 2. The minimum atomic E-state index is -0.921. The molecular formula is C15H20O4. The standard InChI is InChI=1S/C15H20O4/c1-10-8-11(14(16)17)4-5-13(10)18-9-12-6-7-15(2,3)19-12/h4-5,8,12H,6-7,9H2,1-3H3,(H,16,17). The van der Waals surface area contributed by atoms with Gasteiger partial charge in [0.15, 0.2) is 0 Å². The lowest BCUT2D eigenvalue weighted by atomic mass is 10.1. The van der Waals surface area contributed by atoms with Crippen molar-refractivity contribution in [3.05, 3.63) is 29.3 Å². The zero-order chi connectivity index (χ0) is 14.0. The van der Waals surface area contributed by atoms with E-state index in [1.807, 2.05) is 6.92 Å². The van der Waals surface area contributed by atoms with Crippen LogP contribution >= 0.6 is 0 Å². The van der Waals surface area contributed by atoms with E-state index in [4.69, 9.17) is 14.6 Å². The quantitative estimate of drug-likeness (QED) is 0.908. The first-order valence-corrected chi connectivity index (χ1v) is 6.52. The second kappa shape index (κ2) is 5.21. The van der Waals surface area contributed by atoms with Crippen LogP contribution in [0.25, 0.3) is 0 Å². The smallest absolute Gasteiger partial charge is 0.335 e. The Labute approximate surface area is 113 Å². The molecule has 1 aromatic carbocycles. The van der Waals surface area contributed by atoms with E-state index < -0.39 is 5.97 Å². The summed E-state index contributed by atoms with van der Waals surface area (Å²) in [5.74, 6) is -0.200. The van der Waals surface area contributed by atoms with Gasteiger partial charge in [0.05, 0.1) is 17.3 Å². The van der Waals surface area contributed by atoms with E-state index in [9.17, 15) is 4.79 Å². The first kappa shape index (κ1) is 13.9. The maximum absolute atomic E-state index is 10.8. The number of carbonyl (C=O) groups is 1. The fraction of sp³-hybridized carbons (Fsp3) is 0.533. The molecule has 1 N–H and O–H groups in total. The first-order valence-electron chi connectivity index (χ1n) is 6.52. The highest BCUT2D eigenvalue weighted by molar-refractivity contribution is 5.88. The zero-order valence-corrected chi connectivity index (χ0v) is 11.6. The highest BCUT2D eigenvalue weighted by Gasteiger charge is 2.31. The molecule has 1 saturated heterocycles. The fourth-order valence-electron chi connectivity index (χ4n) is 2.32. The molecule has 0 bridgehead atoms. The van der Waals surface area contributed by atoms with Crippen molar-refractivity contribution < 1.29 is 19.4 Å². The van der Waals surface area contributed by atoms with Crippen molar-refractivity contribution in [1.82, 2.24) is 0 Å². The predicted octanol–water partition coefficient (Wildman–Crippen LogP) is 3.03. The monoisotopic (exact) mass is 264 g/mol. The van der Waals surface area contributed by atoms with Crippen molar-refractivity contribution in [2.45, 2.75) is 45.3 Å². The molecule has 1 atom stereocenters. The van der Waals surface area contributed by atoms with Gasteiger partial charge in [0.25, 0.3) is 0 Å². The highest BCUT2D eigenvalue weighted by atomic mass is 16.6. The Hall–Kier alpha value is -1.55. The van der Waals surface area contributed by atoms with E-state index in [0.29, 0.717) is 6.61 Å². The SMILES string of the molecule is Cc1cc(C(=O)O)ccc1OCC1CCC(C)(C)O1. The van der Waals surface area contributed by atoms with E-state index in [1.54, 1.807) is 18.2 Å². The molecule has 19 heavy (non-hydrogen) atoms. The lowest BCUT2D eigenvalue weighted by molar-refractivity contribution is -0.0327. The first-order chi connectivity index (χ1) is 8.87. The Balaban J connectivity index is 1.95. The third-order valence-corrected chi connectivity index (χ3v) is 3.40. The number of aromatic carboxylic acids is 1. The second-order valence-electron chi connectivity index (χ2n) is 5.63. The molecule has 0 radical (unpaired) electrons. The van der Waals surface area contributed by atoms with Gasteiger partial charge in [0.2, 0.25) is 0 Å². The number of hydrogen-bond donors (Lipinski definition) is 1. The van der Waals surface area contributed by atoms with Gasteiger partial charge < -0.3 is 14.6 Å². The maximum Gasteiger partial charge on any atom is 0.335 e. The Morgan fingerprint density at radius 3 is 2.79 bits per heavy atom. The molecule has 4 heteroatoms. The molecule has 1 aromatic rings. The van der Waals surface area contributed by atoms with Gasteiger partial charge in [-0.1, -0.05) is 0 Å². The molecule has 0 aliphatic carbocycles. The van der Waals surface area contributed by atoms with Crippen molar-refractivity contribution in [2.75, 3.05) is 6.61 Å². The van der Waals surface area contributed by atoms with Crippen LogP contribution in [0.5, 0.6) is 5.75 Å². The van der Waals surface area contributed by atoms with Gasteiger partial charge in [0.1, 0.15) is 12.4 Å². The van der Waals surface area contributed by atoms with E-state index in [1.165, 1.54) is 0 Å². The van der Waals surface area contributed by atoms with Crippen LogP contribution < -0.4 is 4.74 Å². The predicted molar refractivity (Wildman–Crippen MR) is 71.8 cm³/mol. The summed E-state index contributed by atoms with van der Waals surface area (Å²) in [4.78, 5) is 10.8. The molecule has 4 nitrogen and oxygen atoms in total. The number of carboxylic acids is 1. The van der Waals surface area contributed by atoms with Crippen molar-refractivity contribution in [3.63, 3.8) is 0 Å². The van der Waals surface area contributed by atoms with E-state index >= 15 is 0 Å². The van der Waals surface area contributed by atoms with E-state index in [0.717, 1.165) is 24.2 Å². The number of aryl methyl sites for hydroxylation is 1. The fourth-order valence-corrected chi connectivity index (χ4v) is 2.32. The molecule has 0 spiro atoms. The zero-order valence-electron chi connectivity index (χ0n) is 11.6. The molecule has 2 rings (SSSR count). The number of rotatable bonds is 4. The summed E-state index contributed by atoms with van der Waals surface area (Å²) in [6.45, 7) is 6.53. The molecule has 0 saturated carbocycles. The van der Waals surface area contributed by atoms with Crippen LogP contribution in [0.1, 0.15) is 42.6 Å². The van der Waals surface area contributed by atoms with Crippen LogP contribution in [0.3, 0.4) is 0 Å². The van der Waals surface area contributed by atoms with Crippen molar-refractivity contribution in [3.8, 4) is 5.75 Å². The second-order valence-corrected chi connectivity index (χ2v) is 5.63. The normalized spacial score (nSPS) is 21.3. The van der Waals surface area contributed by atoms with Gasteiger partial charge in [-0.15, -0.1) is 0 Å². The van der Waals surface area contributed by atoms with Crippen LogP contribution in [0, 0.1) is 6.92 Å². The Morgan fingerprint density at radius 2 is 2.26 bits per heavy atom. The highest BCUT2D eigenvalue weighted by Crippen LogP contribution is 2.30. The molecule has 1 unspecified atom stereocenters. The van der Waals surface area contributed by atoms with Crippen molar-refractivity contribution in [1.29, 1.82) is 0 Å². The van der Waals surface area contributed by atoms with Crippen LogP contribution in [0.15, 0.2) is 18.2 Å². The Bertz CT molecular complexity index is 479. The maximum atomic E-state index is 10.8. The average molecular weight is 264 g/mol. The average Bonchev–Trinajstić information content (AvgIpc) is 2.67. The van der Waals surface area contributed by atoms with E-state index in [-0.39, 0.29) is 17.3 Å². The topological polar surface area (TPSA) is 55.8 Å². The molecular weight excluding hydrogens is 244 g/mol. The molecule has 1 fully saturated rings. The van der Waals surface area contributed by atoms with Crippen molar-refractivity contribution >= 4 is 5.97 Å². The molecule has 1 heterocycles. The van der Waals surface area contributed by atoms with Gasteiger partial charge in [0, 0.05) is 0 Å².